The Bertz CT molecular complexity index is 519. The quantitative estimate of drug-likeness (QED) is 0.823. The molecular formula is C10H6F3NO4. The fourth-order valence-electron chi connectivity index (χ4n) is 1.18. The number of ether oxygens (including phenoxy) is 2. The first-order chi connectivity index (χ1) is 8.30. The van der Waals surface area contributed by atoms with Crippen molar-refractivity contribution in [2.24, 2.45) is 0 Å². The van der Waals surface area contributed by atoms with Crippen molar-refractivity contribution >= 4 is 5.97 Å². The molecule has 0 aliphatic rings. The minimum atomic E-state index is -5.11. The second-order valence-corrected chi connectivity index (χ2v) is 2.99. The Morgan fingerprint density at radius 2 is 2.06 bits per heavy atom. The van der Waals surface area contributed by atoms with E-state index in [0.29, 0.717) is 0 Å². The average Bonchev–Trinajstić information content (AvgIpc) is 2.27. The molecule has 0 radical (unpaired) electrons. The summed E-state index contributed by atoms with van der Waals surface area (Å²) in [7, 11) is 0.915. The van der Waals surface area contributed by atoms with E-state index in [2.05, 4.69) is 9.47 Å². The molecule has 0 unspecified atom stereocenters. The van der Waals surface area contributed by atoms with Gasteiger partial charge in [0.05, 0.1) is 12.7 Å². The standard InChI is InChI=1S/C10H6F3NO4/c1-17-9(16)7-6(15)3-2-5(4-14)8(7)18-10(11,12)13/h2-3,15H,1H3. The number of carbonyl (C=O) groups is 1. The van der Waals surface area contributed by atoms with Gasteiger partial charge in [-0.3, -0.25) is 0 Å². The van der Waals surface area contributed by atoms with Crippen molar-refractivity contribution in [3.05, 3.63) is 23.3 Å². The van der Waals surface area contributed by atoms with Gasteiger partial charge in [-0.1, -0.05) is 0 Å². The van der Waals surface area contributed by atoms with Crippen molar-refractivity contribution in [2.75, 3.05) is 7.11 Å². The summed E-state index contributed by atoms with van der Waals surface area (Å²) in [5.74, 6) is -3.11. The van der Waals surface area contributed by atoms with Gasteiger partial charge in [0, 0.05) is 0 Å². The third-order valence-corrected chi connectivity index (χ3v) is 1.86. The zero-order valence-corrected chi connectivity index (χ0v) is 8.91. The number of nitriles is 1. The summed E-state index contributed by atoms with van der Waals surface area (Å²) >= 11 is 0. The van der Waals surface area contributed by atoms with Gasteiger partial charge in [0.2, 0.25) is 0 Å². The minimum absolute atomic E-state index is 0.550. The maximum Gasteiger partial charge on any atom is 0.573 e. The Hall–Kier alpha value is -2.43. The Balaban J connectivity index is 3.47. The van der Waals surface area contributed by atoms with Crippen LogP contribution >= 0.6 is 0 Å². The number of carbonyl (C=O) groups excluding carboxylic acids is 1. The molecule has 18 heavy (non-hydrogen) atoms. The van der Waals surface area contributed by atoms with Gasteiger partial charge in [-0.15, -0.1) is 13.2 Å². The van der Waals surface area contributed by atoms with Crippen LogP contribution in [-0.2, 0) is 4.74 Å². The monoisotopic (exact) mass is 261 g/mol. The first kappa shape index (κ1) is 13.6. The van der Waals surface area contributed by atoms with Gasteiger partial charge in [-0.05, 0) is 12.1 Å². The van der Waals surface area contributed by atoms with E-state index in [1.54, 1.807) is 0 Å². The highest BCUT2D eigenvalue weighted by Gasteiger charge is 2.35. The maximum atomic E-state index is 12.2. The van der Waals surface area contributed by atoms with Crippen molar-refractivity contribution in [1.82, 2.24) is 0 Å². The van der Waals surface area contributed by atoms with E-state index in [1.165, 1.54) is 6.07 Å². The van der Waals surface area contributed by atoms with Gasteiger partial charge in [0.15, 0.2) is 5.75 Å². The molecule has 0 atom stereocenters. The predicted octanol–water partition coefficient (Wildman–Crippen LogP) is 1.95. The fraction of sp³-hybridized carbons (Fsp3) is 0.200. The number of phenols is 1. The number of alkyl halides is 3. The second-order valence-electron chi connectivity index (χ2n) is 2.99. The summed E-state index contributed by atoms with van der Waals surface area (Å²) in [6.45, 7) is 0. The van der Waals surface area contributed by atoms with E-state index in [0.717, 1.165) is 19.2 Å². The molecule has 8 heteroatoms. The van der Waals surface area contributed by atoms with Gasteiger partial charge < -0.3 is 14.6 Å². The Morgan fingerprint density at radius 3 is 2.50 bits per heavy atom. The second kappa shape index (κ2) is 4.83. The van der Waals surface area contributed by atoms with Crippen molar-refractivity contribution in [3.63, 3.8) is 0 Å². The molecule has 1 rings (SSSR count). The number of rotatable bonds is 2. The lowest BCUT2D eigenvalue weighted by atomic mass is 10.1. The minimum Gasteiger partial charge on any atom is -0.507 e. The molecule has 0 amide bonds. The van der Waals surface area contributed by atoms with Gasteiger partial charge in [-0.25, -0.2) is 4.79 Å². The topological polar surface area (TPSA) is 79.5 Å². The zero-order valence-electron chi connectivity index (χ0n) is 8.91. The van der Waals surface area contributed by atoms with Crippen LogP contribution in [0.1, 0.15) is 15.9 Å². The normalized spacial score (nSPS) is 10.6. The first-order valence-corrected chi connectivity index (χ1v) is 4.40. The van der Waals surface area contributed by atoms with Crippen LogP contribution in [0.2, 0.25) is 0 Å². The van der Waals surface area contributed by atoms with Crippen LogP contribution in [0.4, 0.5) is 13.2 Å². The zero-order chi connectivity index (χ0) is 13.9. The smallest absolute Gasteiger partial charge is 0.507 e. The number of nitrogens with zero attached hydrogens (tertiary/aromatic N) is 1. The summed E-state index contributed by atoms with van der Waals surface area (Å²) in [5, 5.41) is 18.0. The number of hydrogen-bond donors (Lipinski definition) is 1. The highest BCUT2D eigenvalue weighted by molar-refractivity contribution is 5.96. The van der Waals surface area contributed by atoms with Crippen molar-refractivity contribution < 1.29 is 32.5 Å². The SMILES string of the molecule is COC(=O)c1c(O)ccc(C#N)c1OC(F)(F)F. The summed E-state index contributed by atoms with van der Waals surface area (Å²) in [6, 6.07) is 3.21. The number of hydrogen-bond acceptors (Lipinski definition) is 5. The summed E-state index contributed by atoms with van der Waals surface area (Å²) in [4.78, 5) is 11.3. The molecule has 1 N–H and O–H groups in total. The molecule has 0 saturated carbocycles. The van der Waals surface area contributed by atoms with E-state index in [1.807, 2.05) is 0 Å². The van der Waals surface area contributed by atoms with Crippen LogP contribution in [-0.4, -0.2) is 24.5 Å². The lowest BCUT2D eigenvalue weighted by Gasteiger charge is -2.14. The molecule has 0 bridgehead atoms. The summed E-state index contributed by atoms with van der Waals surface area (Å²) < 4.78 is 44.3. The molecule has 0 heterocycles. The third kappa shape index (κ3) is 2.82. The summed E-state index contributed by atoms with van der Waals surface area (Å²) in [6.07, 6.45) is -5.11. The Morgan fingerprint density at radius 1 is 1.44 bits per heavy atom. The van der Waals surface area contributed by atoms with Crippen LogP contribution in [0.25, 0.3) is 0 Å². The van der Waals surface area contributed by atoms with Crippen molar-refractivity contribution in [2.45, 2.75) is 6.36 Å². The molecule has 0 aliphatic carbocycles. The van der Waals surface area contributed by atoms with Crippen LogP contribution in [0, 0.1) is 11.3 Å². The largest absolute Gasteiger partial charge is 0.573 e. The number of methoxy groups -OCH3 is 1. The van der Waals surface area contributed by atoms with Crippen LogP contribution in [0.15, 0.2) is 12.1 Å². The fourth-order valence-corrected chi connectivity index (χ4v) is 1.18. The highest BCUT2D eigenvalue weighted by atomic mass is 19.4. The van der Waals surface area contributed by atoms with Gasteiger partial charge >= 0.3 is 12.3 Å². The van der Waals surface area contributed by atoms with E-state index in [-0.39, 0.29) is 0 Å². The third-order valence-electron chi connectivity index (χ3n) is 1.86. The maximum absolute atomic E-state index is 12.2. The van der Waals surface area contributed by atoms with Gasteiger partial charge in [0.1, 0.15) is 17.4 Å². The number of halogens is 3. The van der Waals surface area contributed by atoms with Crippen LogP contribution in [0.3, 0.4) is 0 Å². The van der Waals surface area contributed by atoms with E-state index in [9.17, 15) is 23.1 Å². The molecule has 0 saturated heterocycles. The molecular weight excluding hydrogens is 255 g/mol. The molecule has 0 spiro atoms. The Kier molecular flexibility index (Phi) is 3.66. The summed E-state index contributed by atoms with van der Waals surface area (Å²) in [5.41, 5.74) is -1.40. The van der Waals surface area contributed by atoms with Gasteiger partial charge in [-0.2, -0.15) is 5.26 Å². The van der Waals surface area contributed by atoms with Crippen molar-refractivity contribution in [1.29, 1.82) is 5.26 Å². The molecule has 0 fully saturated rings. The number of phenolic OH excluding ortho intramolecular Hbond substituents is 1. The van der Waals surface area contributed by atoms with E-state index >= 15 is 0 Å². The number of esters is 1. The number of benzene rings is 1. The molecule has 1 aromatic rings. The molecule has 1 aromatic carbocycles. The van der Waals surface area contributed by atoms with E-state index in [4.69, 9.17) is 5.26 Å². The molecule has 0 aromatic heterocycles. The lowest BCUT2D eigenvalue weighted by Crippen LogP contribution is -2.20. The van der Waals surface area contributed by atoms with E-state index < -0.39 is 35.0 Å². The van der Waals surface area contributed by atoms with Crippen LogP contribution in [0.5, 0.6) is 11.5 Å². The number of aromatic hydroxyl groups is 1. The highest BCUT2D eigenvalue weighted by Crippen LogP contribution is 2.35. The molecule has 0 aliphatic heterocycles. The Labute approximate surface area is 99.0 Å². The lowest BCUT2D eigenvalue weighted by molar-refractivity contribution is -0.274. The first-order valence-electron chi connectivity index (χ1n) is 4.40. The van der Waals surface area contributed by atoms with Gasteiger partial charge in [0.25, 0.3) is 0 Å². The average molecular weight is 261 g/mol. The molecule has 96 valence electrons. The van der Waals surface area contributed by atoms with Crippen molar-refractivity contribution in [3.8, 4) is 17.6 Å². The predicted molar refractivity (Wildman–Crippen MR) is 50.8 cm³/mol. The molecule has 5 nitrogen and oxygen atoms in total. The van der Waals surface area contributed by atoms with Crippen LogP contribution < -0.4 is 4.74 Å².